The lowest BCUT2D eigenvalue weighted by Crippen LogP contribution is -2.31. The van der Waals surface area contributed by atoms with Gasteiger partial charge in [-0.2, -0.15) is 0 Å². The standard InChI is InChI=1S/C20H22N6O/c1-11-17(19(21-2)26(3)4)25-18-12(6-5-7-15(18)23-11)16-10-13-14(24-16)8-9-22-20(13)27/h5-7,10,24H,8-9H2,1-4H3,(H,22,27). The van der Waals surface area contributed by atoms with Gasteiger partial charge in [0.05, 0.1) is 22.3 Å². The lowest BCUT2D eigenvalue weighted by atomic mass is 10.1. The SMILES string of the molecule is CN=C(c1nc2c(-c3cc4c([nH]3)CCNC4=O)cccc2nc1C)N(C)C. The molecule has 3 heterocycles. The van der Waals surface area contributed by atoms with Crippen molar-refractivity contribution >= 4 is 22.8 Å². The third-order valence-electron chi connectivity index (χ3n) is 4.81. The van der Waals surface area contributed by atoms with Crippen molar-refractivity contribution in [3.63, 3.8) is 0 Å². The van der Waals surface area contributed by atoms with E-state index in [9.17, 15) is 4.79 Å². The fraction of sp³-hybridized carbons (Fsp3) is 0.300. The first kappa shape index (κ1) is 17.2. The predicted octanol–water partition coefficient (Wildman–Crippen LogP) is 2.16. The van der Waals surface area contributed by atoms with Crippen LogP contribution in [-0.4, -0.2) is 59.3 Å². The summed E-state index contributed by atoms with van der Waals surface area (Å²) in [5.74, 6) is 0.747. The van der Waals surface area contributed by atoms with Gasteiger partial charge < -0.3 is 15.2 Å². The van der Waals surface area contributed by atoms with Crippen molar-refractivity contribution in [3.8, 4) is 11.3 Å². The van der Waals surface area contributed by atoms with Crippen LogP contribution in [0.15, 0.2) is 29.3 Å². The molecule has 27 heavy (non-hydrogen) atoms. The zero-order valence-corrected chi connectivity index (χ0v) is 15.9. The number of benzene rings is 1. The number of nitrogens with zero attached hydrogens (tertiary/aromatic N) is 4. The number of H-pyrrole nitrogens is 1. The smallest absolute Gasteiger partial charge is 0.253 e. The Morgan fingerprint density at radius 1 is 1.22 bits per heavy atom. The second kappa shape index (κ2) is 6.50. The molecule has 0 atom stereocenters. The van der Waals surface area contributed by atoms with E-state index in [4.69, 9.17) is 9.97 Å². The van der Waals surface area contributed by atoms with Crippen LogP contribution in [0.1, 0.15) is 27.4 Å². The van der Waals surface area contributed by atoms with Crippen LogP contribution < -0.4 is 5.32 Å². The Balaban J connectivity index is 1.93. The van der Waals surface area contributed by atoms with Gasteiger partial charge in [0, 0.05) is 51.1 Å². The van der Waals surface area contributed by atoms with Crippen molar-refractivity contribution in [1.29, 1.82) is 0 Å². The average Bonchev–Trinajstić information content (AvgIpc) is 3.07. The predicted molar refractivity (Wildman–Crippen MR) is 106 cm³/mol. The molecular weight excluding hydrogens is 340 g/mol. The Labute approximate surface area is 157 Å². The van der Waals surface area contributed by atoms with Gasteiger partial charge in [-0.15, -0.1) is 0 Å². The van der Waals surface area contributed by atoms with Crippen molar-refractivity contribution in [2.75, 3.05) is 27.7 Å². The number of rotatable bonds is 2. The second-order valence-corrected chi connectivity index (χ2v) is 6.85. The molecule has 0 fully saturated rings. The minimum absolute atomic E-state index is 0.0328. The molecule has 2 N–H and O–H groups in total. The van der Waals surface area contributed by atoms with Crippen molar-refractivity contribution < 1.29 is 4.79 Å². The van der Waals surface area contributed by atoms with Crippen molar-refractivity contribution in [3.05, 3.63) is 46.9 Å². The van der Waals surface area contributed by atoms with Gasteiger partial charge >= 0.3 is 0 Å². The van der Waals surface area contributed by atoms with Crippen LogP contribution in [0.3, 0.4) is 0 Å². The average molecular weight is 362 g/mol. The molecule has 4 rings (SSSR count). The van der Waals surface area contributed by atoms with Gasteiger partial charge in [0.15, 0.2) is 5.84 Å². The number of fused-ring (bicyclic) bond motifs is 2. The van der Waals surface area contributed by atoms with Crippen LogP contribution in [0.2, 0.25) is 0 Å². The summed E-state index contributed by atoms with van der Waals surface area (Å²) in [5.41, 5.74) is 6.69. The number of amidine groups is 1. The van der Waals surface area contributed by atoms with Crippen LogP contribution >= 0.6 is 0 Å². The summed E-state index contributed by atoms with van der Waals surface area (Å²) < 4.78 is 0. The van der Waals surface area contributed by atoms with E-state index in [1.54, 1.807) is 7.05 Å². The highest BCUT2D eigenvalue weighted by Gasteiger charge is 2.21. The zero-order chi connectivity index (χ0) is 19.1. The number of aromatic amines is 1. The molecule has 0 aliphatic carbocycles. The molecule has 7 nitrogen and oxygen atoms in total. The molecule has 0 unspecified atom stereocenters. The first-order chi connectivity index (χ1) is 13.0. The highest BCUT2D eigenvalue weighted by molar-refractivity contribution is 6.02. The Bertz CT molecular complexity index is 1080. The Kier molecular flexibility index (Phi) is 4.14. The quantitative estimate of drug-likeness (QED) is 0.540. The highest BCUT2D eigenvalue weighted by atomic mass is 16.1. The number of hydrogen-bond donors (Lipinski definition) is 2. The number of nitrogens with one attached hydrogen (secondary N) is 2. The zero-order valence-electron chi connectivity index (χ0n) is 15.9. The van der Waals surface area contributed by atoms with E-state index in [1.165, 1.54) is 0 Å². The highest BCUT2D eigenvalue weighted by Crippen LogP contribution is 2.29. The van der Waals surface area contributed by atoms with Crippen molar-refractivity contribution in [2.24, 2.45) is 4.99 Å². The minimum atomic E-state index is -0.0328. The first-order valence-electron chi connectivity index (χ1n) is 8.92. The van der Waals surface area contributed by atoms with E-state index >= 15 is 0 Å². The Hall–Kier alpha value is -3.22. The van der Waals surface area contributed by atoms with Crippen LogP contribution in [0.25, 0.3) is 22.3 Å². The van der Waals surface area contributed by atoms with Crippen LogP contribution in [0, 0.1) is 6.92 Å². The molecule has 0 spiro atoms. The molecule has 0 bridgehead atoms. The normalized spacial score (nSPS) is 14.2. The third kappa shape index (κ3) is 2.85. The maximum absolute atomic E-state index is 12.1. The summed E-state index contributed by atoms with van der Waals surface area (Å²) in [4.78, 5) is 31.5. The van der Waals surface area contributed by atoms with E-state index in [-0.39, 0.29) is 5.91 Å². The maximum Gasteiger partial charge on any atom is 0.253 e. The van der Waals surface area contributed by atoms with Crippen molar-refractivity contribution in [2.45, 2.75) is 13.3 Å². The molecule has 3 aromatic rings. The number of aryl methyl sites for hydroxylation is 1. The fourth-order valence-electron chi connectivity index (χ4n) is 3.55. The molecule has 1 aliphatic heterocycles. The number of carbonyl (C=O) groups is 1. The van der Waals surface area contributed by atoms with Crippen LogP contribution in [0.5, 0.6) is 0 Å². The lowest BCUT2D eigenvalue weighted by Gasteiger charge is -2.17. The molecule has 0 saturated heterocycles. The number of carbonyl (C=O) groups excluding carboxylic acids is 1. The summed E-state index contributed by atoms with van der Waals surface area (Å²) in [6.45, 7) is 2.60. The molecule has 138 valence electrons. The number of aliphatic imine (C=N–C) groups is 1. The van der Waals surface area contributed by atoms with Crippen LogP contribution in [-0.2, 0) is 6.42 Å². The molecular formula is C20H22N6O. The second-order valence-electron chi connectivity index (χ2n) is 6.85. The summed E-state index contributed by atoms with van der Waals surface area (Å²) in [6, 6.07) is 7.83. The molecule has 1 amide bonds. The lowest BCUT2D eigenvalue weighted by molar-refractivity contribution is 0.0946. The van der Waals surface area contributed by atoms with Crippen LogP contribution in [0.4, 0.5) is 0 Å². The Morgan fingerprint density at radius 2 is 2.04 bits per heavy atom. The van der Waals surface area contributed by atoms with Gasteiger partial charge in [-0.25, -0.2) is 9.97 Å². The Morgan fingerprint density at radius 3 is 2.74 bits per heavy atom. The summed E-state index contributed by atoms with van der Waals surface area (Å²) in [7, 11) is 5.64. The summed E-state index contributed by atoms with van der Waals surface area (Å²) >= 11 is 0. The topological polar surface area (TPSA) is 86.3 Å². The van der Waals surface area contributed by atoms with Gasteiger partial charge in [-0.3, -0.25) is 9.79 Å². The van der Waals surface area contributed by atoms with Gasteiger partial charge in [0.1, 0.15) is 5.69 Å². The van der Waals surface area contributed by atoms with Gasteiger partial charge in [-0.1, -0.05) is 12.1 Å². The number of hydrogen-bond acceptors (Lipinski definition) is 4. The largest absolute Gasteiger partial charge is 0.361 e. The molecule has 0 saturated carbocycles. The number of amides is 1. The van der Waals surface area contributed by atoms with E-state index in [1.807, 2.05) is 50.2 Å². The van der Waals surface area contributed by atoms with E-state index < -0.39 is 0 Å². The molecule has 0 radical (unpaired) electrons. The van der Waals surface area contributed by atoms with Gasteiger partial charge in [0.25, 0.3) is 5.91 Å². The number of aromatic nitrogens is 3. The first-order valence-corrected chi connectivity index (χ1v) is 8.92. The molecule has 7 heteroatoms. The molecule has 1 aromatic carbocycles. The molecule has 1 aliphatic rings. The minimum Gasteiger partial charge on any atom is -0.361 e. The number of para-hydroxylation sites is 1. The maximum atomic E-state index is 12.1. The van der Waals surface area contributed by atoms with E-state index in [0.29, 0.717) is 12.1 Å². The van der Waals surface area contributed by atoms with E-state index in [0.717, 1.165) is 51.6 Å². The monoisotopic (exact) mass is 362 g/mol. The third-order valence-corrected chi connectivity index (χ3v) is 4.81. The van der Waals surface area contributed by atoms with Gasteiger partial charge in [0.2, 0.25) is 0 Å². The fourth-order valence-corrected chi connectivity index (χ4v) is 3.55. The van der Waals surface area contributed by atoms with Crippen molar-refractivity contribution in [1.82, 2.24) is 25.2 Å². The summed E-state index contributed by atoms with van der Waals surface area (Å²) in [5, 5.41) is 2.88. The van der Waals surface area contributed by atoms with Gasteiger partial charge in [-0.05, 0) is 19.1 Å². The molecule has 2 aromatic heterocycles. The van der Waals surface area contributed by atoms with E-state index in [2.05, 4.69) is 15.3 Å². The summed E-state index contributed by atoms with van der Waals surface area (Å²) in [6.07, 6.45) is 0.801.